The quantitative estimate of drug-likeness (QED) is 0.418. The minimum Gasteiger partial charge on any atom is -0.508 e. The Hall–Kier alpha value is -3.53. The number of aliphatic hydroxyl groups is 1. The number of aryl methyl sites for hydroxylation is 1. The zero-order valence-electron chi connectivity index (χ0n) is 22.2. The normalized spacial score (nSPS) is 19.5. The van der Waals surface area contributed by atoms with Gasteiger partial charge in [0.2, 0.25) is 5.91 Å². The molecule has 3 amide bonds. The van der Waals surface area contributed by atoms with E-state index in [1.807, 2.05) is 0 Å². The molecule has 0 spiro atoms. The number of rotatable bonds is 8. The number of benzene rings is 2. The van der Waals surface area contributed by atoms with Gasteiger partial charge < -0.3 is 25.7 Å². The second-order valence-corrected chi connectivity index (χ2v) is 10.4. The summed E-state index contributed by atoms with van der Waals surface area (Å²) in [5.74, 6) is -5.97. The monoisotopic (exact) mass is 531 g/mol. The lowest BCUT2D eigenvalue weighted by Gasteiger charge is -2.34. The summed E-state index contributed by atoms with van der Waals surface area (Å²) >= 11 is 0. The molecule has 206 valence electrons. The van der Waals surface area contributed by atoms with Crippen LogP contribution in [0.5, 0.6) is 5.75 Å². The standard InChI is InChI=1S/C28H35F2N3O5/c1-6-31-25(37)23-27(4,5)28(29,30)15-33(23)26(38)22(35)20(14-18-10-8-7-9-11-18)32-24(36)19-12-16(2)13-21(34)17(19)3/h7-13,20,22-23,34-35H,6,14-15H2,1-5H3,(H,31,37)(H,32,36)/t20?,22?,23-/m1/s1. The van der Waals surface area contributed by atoms with Gasteiger partial charge in [0.1, 0.15) is 11.8 Å². The number of likely N-dealkylation sites (tertiary alicyclic amines) is 1. The second kappa shape index (κ2) is 11.1. The number of aromatic hydroxyl groups is 1. The van der Waals surface area contributed by atoms with Crippen LogP contribution in [0.2, 0.25) is 0 Å². The zero-order chi connectivity index (χ0) is 28.4. The SMILES string of the molecule is CCNC(=O)[C@H]1N(C(=O)C(O)C(Cc2ccccc2)NC(=O)c2cc(C)cc(O)c2C)CC(F)(F)C1(C)C. The number of halogens is 2. The predicted molar refractivity (Wildman–Crippen MR) is 138 cm³/mol. The van der Waals surface area contributed by atoms with E-state index < -0.39 is 53.8 Å². The Morgan fingerprint density at radius 1 is 1.13 bits per heavy atom. The third-order valence-corrected chi connectivity index (χ3v) is 7.21. The highest BCUT2D eigenvalue weighted by atomic mass is 19.3. The van der Waals surface area contributed by atoms with Crippen molar-refractivity contribution < 1.29 is 33.4 Å². The zero-order valence-corrected chi connectivity index (χ0v) is 22.2. The highest BCUT2D eigenvalue weighted by Gasteiger charge is 2.64. The maximum absolute atomic E-state index is 15.0. The van der Waals surface area contributed by atoms with Gasteiger partial charge in [-0.1, -0.05) is 44.2 Å². The summed E-state index contributed by atoms with van der Waals surface area (Å²) in [6.07, 6.45) is -1.92. The number of alkyl halides is 2. The molecule has 38 heavy (non-hydrogen) atoms. The fourth-order valence-corrected chi connectivity index (χ4v) is 4.82. The average Bonchev–Trinajstić information content (AvgIpc) is 3.04. The van der Waals surface area contributed by atoms with Gasteiger partial charge in [0, 0.05) is 17.7 Å². The van der Waals surface area contributed by atoms with Crippen molar-refractivity contribution in [1.29, 1.82) is 0 Å². The van der Waals surface area contributed by atoms with Crippen LogP contribution in [-0.2, 0) is 16.0 Å². The molecule has 3 rings (SSSR count). The van der Waals surface area contributed by atoms with Gasteiger partial charge in [-0.25, -0.2) is 8.78 Å². The molecule has 0 aliphatic carbocycles. The van der Waals surface area contributed by atoms with Crippen molar-refractivity contribution in [3.63, 3.8) is 0 Å². The third-order valence-electron chi connectivity index (χ3n) is 7.21. The van der Waals surface area contributed by atoms with E-state index in [0.29, 0.717) is 21.6 Å². The molecule has 4 N–H and O–H groups in total. The third kappa shape index (κ3) is 5.65. The molecule has 0 radical (unpaired) electrons. The summed E-state index contributed by atoms with van der Waals surface area (Å²) in [4.78, 5) is 40.3. The summed E-state index contributed by atoms with van der Waals surface area (Å²) in [7, 11) is 0. The maximum Gasteiger partial charge on any atom is 0.272 e. The van der Waals surface area contributed by atoms with Gasteiger partial charge in [0.05, 0.1) is 18.0 Å². The van der Waals surface area contributed by atoms with Crippen molar-refractivity contribution in [2.24, 2.45) is 5.41 Å². The Morgan fingerprint density at radius 2 is 1.76 bits per heavy atom. The average molecular weight is 532 g/mol. The van der Waals surface area contributed by atoms with Crippen molar-refractivity contribution in [2.45, 2.75) is 65.1 Å². The summed E-state index contributed by atoms with van der Waals surface area (Å²) in [6.45, 7) is 6.45. The molecule has 0 bridgehead atoms. The van der Waals surface area contributed by atoms with Crippen molar-refractivity contribution in [3.05, 3.63) is 64.7 Å². The number of hydrogen-bond acceptors (Lipinski definition) is 5. The molecule has 2 aromatic rings. The van der Waals surface area contributed by atoms with E-state index in [-0.39, 0.29) is 24.3 Å². The lowest BCUT2D eigenvalue weighted by molar-refractivity contribution is -0.148. The van der Waals surface area contributed by atoms with Gasteiger partial charge in [-0.3, -0.25) is 14.4 Å². The summed E-state index contributed by atoms with van der Waals surface area (Å²) in [5.41, 5.74) is -0.129. The van der Waals surface area contributed by atoms with E-state index in [9.17, 15) is 33.4 Å². The number of likely N-dealkylation sites (N-methyl/N-ethyl adjacent to an activating group) is 1. The van der Waals surface area contributed by atoms with Gasteiger partial charge in [0.25, 0.3) is 17.7 Å². The van der Waals surface area contributed by atoms with Crippen molar-refractivity contribution in [3.8, 4) is 5.75 Å². The van der Waals surface area contributed by atoms with Crippen molar-refractivity contribution in [1.82, 2.24) is 15.5 Å². The Labute approximate surface area is 221 Å². The van der Waals surface area contributed by atoms with Crippen LogP contribution in [0.25, 0.3) is 0 Å². The first kappa shape index (κ1) is 29.0. The molecule has 1 heterocycles. The van der Waals surface area contributed by atoms with Crippen LogP contribution in [0.1, 0.15) is 47.8 Å². The van der Waals surface area contributed by atoms with Gasteiger partial charge in [0.15, 0.2) is 6.10 Å². The molecule has 2 unspecified atom stereocenters. The molecule has 1 saturated heterocycles. The van der Waals surface area contributed by atoms with Crippen LogP contribution in [0.4, 0.5) is 8.78 Å². The number of phenols is 1. The molecule has 3 atom stereocenters. The van der Waals surface area contributed by atoms with Crippen LogP contribution in [0.3, 0.4) is 0 Å². The first-order valence-electron chi connectivity index (χ1n) is 12.5. The first-order chi connectivity index (χ1) is 17.7. The molecule has 2 aromatic carbocycles. The Morgan fingerprint density at radius 3 is 2.37 bits per heavy atom. The molecule has 10 heteroatoms. The van der Waals surface area contributed by atoms with Crippen LogP contribution in [-0.4, -0.2) is 70.0 Å². The number of nitrogens with one attached hydrogen (secondary N) is 2. The lowest BCUT2D eigenvalue weighted by Crippen LogP contribution is -2.57. The maximum atomic E-state index is 15.0. The Balaban J connectivity index is 1.96. The number of hydrogen-bond donors (Lipinski definition) is 4. The van der Waals surface area contributed by atoms with Crippen molar-refractivity contribution >= 4 is 17.7 Å². The fourth-order valence-electron chi connectivity index (χ4n) is 4.82. The number of phenolic OH excluding ortho intramolecular Hbond substituents is 1. The molecule has 8 nitrogen and oxygen atoms in total. The van der Waals surface area contributed by atoms with E-state index in [1.165, 1.54) is 19.9 Å². The fraction of sp³-hybridized carbons (Fsp3) is 0.464. The second-order valence-electron chi connectivity index (χ2n) is 10.4. The highest BCUT2D eigenvalue weighted by molar-refractivity contribution is 5.97. The minimum atomic E-state index is -3.40. The van der Waals surface area contributed by atoms with E-state index in [4.69, 9.17) is 0 Å². The van der Waals surface area contributed by atoms with Gasteiger partial charge in [-0.15, -0.1) is 0 Å². The lowest BCUT2D eigenvalue weighted by atomic mass is 9.81. The molecular weight excluding hydrogens is 496 g/mol. The largest absolute Gasteiger partial charge is 0.508 e. The number of carbonyl (C=O) groups excluding carboxylic acids is 3. The summed E-state index contributed by atoms with van der Waals surface area (Å²) < 4.78 is 30.0. The minimum absolute atomic E-state index is 0.00970. The number of nitrogens with zero attached hydrogens (tertiary/aromatic N) is 1. The summed E-state index contributed by atoms with van der Waals surface area (Å²) in [6, 6.07) is 9.09. The van der Waals surface area contributed by atoms with Crippen LogP contribution in [0, 0.1) is 19.3 Å². The summed E-state index contributed by atoms with van der Waals surface area (Å²) in [5, 5.41) is 26.5. The molecule has 1 aliphatic rings. The van der Waals surface area contributed by atoms with Crippen LogP contribution >= 0.6 is 0 Å². The first-order valence-corrected chi connectivity index (χ1v) is 12.5. The predicted octanol–water partition coefficient (Wildman–Crippen LogP) is 2.72. The van der Waals surface area contributed by atoms with Crippen LogP contribution < -0.4 is 10.6 Å². The van der Waals surface area contributed by atoms with E-state index >= 15 is 0 Å². The smallest absolute Gasteiger partial charge is 0.272 e. The number of carbonyl (C=O) groups is 3. The molecule has 0 aromatic heterocycles. The Kier molecular flexibility index (Phi) is 8.45. The van der Waals surface area contributed by atoms with E-state index in [2.05, 4.69) is 10.6 Å². The van der Waals surface area contributed by atoms with E-state index in [1.54, 1.807) is 57.2 Å². The number of amides is 3. The molecular formula is C28H35F2N3O5. The molecule has 1 fully saturated rings. The number of aliphatic hydroxyl groups excluding tert-OH is 1. The van der Waals surface area contributed by atoms with Gasteiger partial charge in [-0.2, -0.15) is 0 Å². The Bertz CT molecular complexity index is 1200. The van der Waals surface area contributed by atoms with Crippen molar-refractivity contribution in [2.75, 3.05) is 13.1 Å². The van der Waals surface area contributed by atoms with Gasteiger partial charge >= 0.3 is 0 Å². The van der Waals surface area contributed by atoms with E-state index in [0.717, 1.165) is 0 Å². The highest BCUT2D eigenvalue weighted by Crippen LogP contribution is 2.48. The van der Waals surface area contributed by atoms with Crippen LogP contribution in [0.15, 0.2) is 42.5 Å². The topological polar surface area (TPSA) is 119 Å². The molecule has 1 aliphatic heterocycles. The van der Waals surface area contributed by atoms with Gasteiger partial charge in [-0.05, 0) is 50.5 Å². The molecule has 0 saturated carbocycles.